The zero-order valence-electron chi connectivity index (χ0n) is 15.8. The summed E-state index contributed by atoms with van der Waals surface area (Å²) in [4.78, 5) is 28.6. The number of hydrogen-bond acceptors (Lipinski definition) is 4. The largest absolute Gasteiger partial charge is 0.352 e. The van der Waals surface area contributed by atoms with Crippen LogP contribution in [0, 0.1) is 6.92 Å². The molecular weight excluding hydrogens is 358 g/mol. The van der Waals surface area contributed by atoms with Crippen LogP contribution in [0.3, 0.4) is 0 Å². The molecule has 1 saturated heterocycles. The van der Waals surface area contributed by atoms with Crippen LogP contribution in [0.5, 0.6) is 0 Å². The minimum atomic E-state index is -0.0616. The van der Waals surface area contributed by atoms with Gasteiger partial charge in [0, 0.05) is 56.6 Å². The van der Waals surface area contributed by atoms with E-state index in [-0.39, 0.29) is 11.8 Å². The van der Waals surface area contributed by atoms with E-state index in [1.807, 2.05) is 15.7 Å². The van der Waals surface area contributed by atoms with E-state index >= 15 is 0 Å². The van der Waals surface area contributed by atoms with Crippen LogP contribution in [0.4, 0.5) is 0 Å². The Morgan fingerprint density at radius 3 is 2.67 bits per heavy atom. The molecule has 0 spiro atoms. The van der Waals surface area contributed by atoms with Crippen LogP contribution in [0.25, 0.3) is 0 Å². The van der Waals surface area contributed by atoms with Crippen molar-refractivity contribution in [1.29, 1.82) is 0 Å². The van der Waals surface area contributed by atoms with E-state index in [9.17, 15) is 9.59 Å². The molecule has 0 radical (unpaired) electrons. The molecule has 0 saturated carbocycles. The van der Waals surface area contributed by atoms with Gasteiger partial charge in [-0.05, 0) is 30.4 Å². The predicted molar refractivity (Wildman–Crippen MR) is 109 cm³/mol. The number of carbonyl (C=O) groups excluding carboxylic acids is 2. The van der Waals surface area contributed by atoms with Gasteiger partial charge >= 0.3 is 0 Å². The Balaban J connectivity index is 1.33. The van der Waals surface area contributed by atoms with Crippen LogP contribution in [-0.2, 0) is 11.3 Å². The summed E-state index contributed by atoms with van der Waals surface area (Å²) in [5, 5.41) is 6.59. The lowest BCUT2D eigenvalue weighted by Crippen LogP contribution is -2.48. The van der Waals surface area contributed by atoms with Crippen molar-refractivity contribution in [1.82, 2.24) is 15.1 Å². The van der Waals surface area contributed by atoms with Crippen molar-refractivity contribution in [2.24, 2.45) is 0 Å². The first kappa shape index (κ1) is 19.6. The second-order valence-corrected chi connectivity index (χ2v) is 7.80. The highest BCUT2D eigenvalue weighted by atomic mass is 32.1. The van der Waals surface area contributed by atoms with Gasteiger partial charge in [-0.3, -0.25) is 14.5 Å². The molecular formula is C21H27N3O2S. The fourth-order valence-electron chi connectivity index (χ4n) is 3.32. The molecule has 0 unspecified atom stereocenters. The second-order valence-electron chi connectivity index (χ2n) is 7.02. The SMILES string of the molecule is Cc1cccc(CN2CCN(C(=O)CCCNC(=O)c3ccsc3)CC2)c1. The highest BCUT2D eigenvalue weighted by molar-refractivity contribution is 7.08. The zero-order valence-corrected chi connectivity index (χ0v) is 16.6. The smallest absolute Gasteiger partial charge is 0.252 e. The van der Waals surface area contributed by atoms with Crippen LogP contribution in [0.15, 0.2) is 41.1 Å². The summed E-state index contributed by atoms with van der Waals surface area (Å²) >= 11 is 1.51. The fraction of sp³-hybridized carbons (Fsp3) is 0.429. The second kappa shape index (κ2) is 9.67. The van der Waals surface area contributed by atoms with E-state index in [0.717, 1.165) is 32.7 Å². The first-order chi connectivity index (χ1) is 13.1. The number of nitrogens with one attached hydrogen (secondary N) is 1. The van der Waals surface area contributed by atoms with Crippen LogP contribution < -0.4 is 5.32 Å². The molecule has 2 amide bonds. The molecule has 1 aliphatic heterocycles. The molecule has 1 fully saturated rings. The van der Waals surface area contributed by atoms with Crippen molar-refractivity contribution >= 4 is 23.2 Å². The molecule has 1 aromatic heterocycles. The third-order valence-electron chi connectivity index (χ3n) is 4.85. The maximum absolute atomic E-state index is 12.4. The summed E-state index contributed by atoms with van der Waals surface area (Å²) in [6.07, 6.45) is 1.17. The van der Waals surface area contributed by atoms with Gasteiger partial charge < -0.3 is 10.2 Å². The fourth-order valence-corrected chi connectivity index (χ4v) is 3.96. The molecule has 0 bridgehead atoms. The van der Waals surface area contributed by atoms with Crippen LogP contribution in [0.2, 0.25) is 0 Å². The van der Waals surface area contributed by atoms with Gasteiger partial charge in [0.05, 0.1) is 0 Å². The predicted octanol–water partition coefficient (Wildman–Crippen LogP) is 2.91. The molecule has 144 valence electrons. The van der Waals surface area contributed by atoms with Crippen molar-refractivity contribution in [3.05, 3.63) is 57.8 Å². The molecule has 27 heavy (non-hydrogen) atoms. The standard InChI is InChI=1S/C21H27N3O2S/c1-17-4-2-5-18(14-17)15-23-9-11-24(12-10-23)20(25)6-3-8-22-21(26)19-7-13-27-16-19/h2,4-5,7,13-14,16H,3,6,8-12,15H2,1H3,(H,22,26). The van der Waals surface area contributed by atoms with E-state index in [1.165, 1.54) is 22.5 Å². The van der Waals surface area contributed by atoms with Gasteiger partial charge in [-0.1, -0.05) is 29.8 Å². The summed E-state index contributed by atoms with van der Waals surface area (Å²) in [6.45, 7) is 6.98. The van der Waals surface area contributed by atoms with Gasteiger partial charge in [-0.25, -0.2) is 0 Å². The van der Waals surface area contributed by atoms with Crippen molar-refractivity contribution in [2.45, 2.75) is 26.3 Å². The van der Waals surface area contributed by atoms with Crippen molar-refractivity contribution in [2.75, 3.05) is 32.7 Å². The van der Waals surface area contributed by atoms with E-state index in [0.29, 0.717) is 24.9 Å². The molecule has 3 rings (SSSR count). The molecule has 1 aromatic carbocycles. The first-order valence-electron chi connectivity index (χ1n) is 9.48. The molecule has 0 aliphatic carbocycles. The summed E-state index contributed by atoms with van der Waals surface area (Å²) in [5.41, 5.74) is 3.31. The molecule has 0 atom stereocenters. The Hall–Kier alpha value is -2.18. The lowest BCUT2D eigenvalue weighted by molar-refractivity contribution is -0.133. The van der Waals surface area contributed by atoms with Crippen molar-refractivity contribution in [3.8, 4) is 0 Å². The van der Waals surface area contributed by atoms with E-state index in [4.69, 9.17) is 0 Å². The van der Waals surface area contributed by atoms with Crippen molar-refractivity contribution in [3.63, 3.8) is 0 Å². The molecule has 5 nitrogen and oxygen atoms in total. The zero-order chi connectivity index (χ0) is 19.1. The first-order valence-corrected chi connectivity index (χ1v) is 10.4. The average Bonchev–Trinajstić information content (AvgIpc) is 3.20. The minimum Gasteiger partial charge on any atom is -0.352 e. The molecule has 1 aliphatic rings. The average molecular weight is 386 g/mol. The number of hydrogen-bond donors (Lipinski definition) is 1. The Morgan fingerprint density at radius 1 is 1.15 bits per heavy atom. The number of nitrogens with zero attached hydrogens (tertiary/aromatic N) is 2. The van der Waals surface area contributed by atoms with E-state index < -0.39 is 0 Å². The van der Waals surface area contributed by atoms with Crippen LogP contribution >= 0.6 is 11.3 Å². The van der Waals surface area contributed by atoms with Gasteiger partial charge in [0.25, 0.3) is 5.91 Å². The van der Waals surface area contributed by atoms with Crippen LogP contribution in [0.1, 0.15) is 34.3 Å². The lowest BCUT2D eigenvalue weighted by Gasteiger charge is -2.35. The number of carbonyl (C=O) groups is 2. The quantitative estimate of drug-likeness (QED) is 0.746. The van der Waals surface area contributed by atoms with Crippen LogP contribution in [-0.4, -0.2) is 54.3 Å². The molecule has 6 heteroatoms. The molecule has 2 heterocycles. The van der Waals surface area contributed by atoms with Gasteiger partial charge in [-0.2, -0.15) is 11.3 Å². The van der Waals surface area contributed by atoms with Gasteiger partial charge in [0.1, 0.15) is 0 Å². The summed E-state index contributed by atoms with van der Waals surface area (Å²) < 4.78 is 0. The summed E-state index contributed by atoms with van der Waals surface area (Å²) in [5.74, 6) is 0.128. The highest BCUT2D eigenvalue weighted by Gasteiger charge is 2.20. The minimum absolute atomic E-state index is 0.0616. The number of piperazine rings is 1. The number of benzene rings is 1. The Labute approximate surface area is 165 Å². The third kappa shape index (κ3) is 5.91. The topological polar surface area (TPSA) is 52.6 Å². The van der Waals surface area contributed by atoms with Gasteiger partial charge in [0.15, 0.2) is 0 Å². The Kier molecular flexibility index (Phi) is 7.01. The monoisotopic (exact) mass is 385 g/mol. The maximum atomic E-state index is 12.4. The molecule has 1 N–H and O–H groups in total. The van der Waals surface area contributed by atoms with Crippen molar-refractivity contribution < 1.29 is 9.59 Å². The number of thiophene rings is 1. The van der Waals surface area contributed by atoms with Gasteiger partial charge in [0.2, 0.25) is 5.91 Å². The Morgan fingerprint density at radius 2 is 1.96 bits per heavy atom. The Bertz CT molecular complexity index is 753. The van der Waals surface area contributed by atoms with Gasteiger partial charge in [-0.15, -0.1) is 0 Å². The molecule has 2 aromatic rings. The normalized spacial score (nSPS) is 14.9. The highest BCUT2D eigenvalue weighted by Crippen LogP contribution is 2.11. The van der Waals surface area contributed by atoms with E-state index in [2.05, 4.69) is 41.4 Å². The lowest BCUT2D eigenvalue weighted by atomic mass is 10.1. The van der Waals surface area contributed by atoms with E-state index in [1.54, 1.807) is 6.07 Å². The third-order valence-corrected chi connectivity index (χ3v) is 5.53. The number of rotatable bonds is 7. The number of amides is 2. The number of aryl methyl sites for hydroxylation is 1. The summed E-state index contributed by atoms with van der Waals surface area (Å²) in [7, 11) is 0. The summed E-state index contributed by atoms with van der Waals surface area (Å²) in [6, 6.07) is 10.4. The maximum Gasteiger partial charge on any atom is 0.252 e.